The molecule has 0 unspecified atom stereocenters. The summed E-state index contributed by atoms with van der Waals surface area (Å²) < 4.78 is 2.35. The Morgan fingerprint density at radius 2 is 1.55 bits per heavy atom. The minimum Gasteiger partial charge on any atom is -0.314 e. The fraction of sp³-hybridized carbons (Fsp3) is 0.571. The molecule has 0 radical (unpaired) electrons. The van der Waals surface area contributed by atoms with Gasteiger partial charge in [0.05, 0.1) is 0 Å². The van der Waals surface area contributed by atoms with Gasteiger partial charge in [-0.15, -0.1) is 24.8 Å². The number of halogens is 4. The summed E-state index contributed by atoms with van der Waals surface area (Å²) in [5.74, 6) is 0.865. The minimum absolute atomic E-state index is 0. The van der Waals surface area contributed by atoms with Crippen LogP contribution in [0.5, 0.6) is 0 Å². The summed E-state index contributed by atoms with van der Waals surface area (Å²) in [6.45, 7) is 4.59. The van der Waals surface area contributed by atoms with Crippen LogP contribution in [0.25, 0.3) is 0 Å². The van der Waals surface area contributed by atoms with E-state index in [1.165, 1.54) is 40.4 Å². The third kappa shape index (κ3) is 4.59. The predicted octanol–water partition coefficient (Wildman–Crippen LogP) is 4.41. The van der Waals surface area contributed by atoms with Crippen LogP contribution in [0.15, 0.2) is 27.1 Å². The Labute approximate surface area is 150 Å². The number of benzene rings is 1. The molecule has 0 amide bonds. The van der Waals surface area contributed by atoms with Crippen LogP contribution in [0, 0.1) is 5.92 Å². The highest BCUT2D eigenvalue weighted by atomic mass is 79.9. The van der Waals surface area contributed by atoms with Gasteiger partial charge in [-0.2, -0.15) is 0 Å². The van der Waals surface area contributed by atoms with Gasteiger partial charge in [-0.1, -0.05) is 31.9 Å². The van der Waals surface area contributed by atoms with E-state index in [0.717, 1.165) is 19.0 Å². The Kier molecular flexibility index (Phi) is 7.82. The Morgan fingerprint density at radius 1 is 1.00 bits per heavy atom. The van der Waals surface area contributed by atoms with Crippen molar-refractivity contribution in [2.24, 2.45) is 5.92 Å². The smallest absolute Gasteiger partial charge is 0.0378 e. The van der Waals surface area contributed by atoms with Gasteiger partial charge in [-0.25, -0.2) is 0 Å². The molecule has 6 heteroatoms. The maximum absolute atomic E-state index is 3.61. The van der Waals surface area contributed by atoms with Crippen molar-refractivity contribution in [3.8, 4) is 0 Å². The summed E-state index contributed by atoms with van der Waals surface area (Å²) in [5.41, 5.74) is 1.46. The molecule has 2 fully saturated rings. The van der Waals surface area contributed by atoms with Crippen molar-refractivity contribution in [2.75, 3.05) is 26.2 Å². The van der Waals surface area contributed by atoms with Gasteiger partial charge in [0.1, 0.15) is 0 Å². The van der Waals surface area contributed by atoms with Crippen molar-refractivity contribution in [1.29, 1.82) is 0 Å². The van der Waals surface area contributed by atoms with Crippen molar-refractivity contribution in [1.82, 2.24) is 10.2 Å². The molecule has 3 rings (SSSR count). The zero-order chi connectivity index (χ0) is 12.5. The number of nitrogens with one attached hydrogen (secondary N) is 1. The van der Waals surface area contributed by atoms with Gasteiger partial charge < -0.3 is 5.32 Å². The van der Waals surface area contributed by atoms with Crippen LogP contribution in [0.1, 0.15) is 24.4 Å². The van der Waals surface area contributed by atoms with Crippen LogP contribution in [-0.2, 0) is 0 Å². The average molecular weight is 447 g/mol. The first-order valence-electron chi connectivity index (χ1n) is 6.65. The van der Waals surface area contributed by atoms with E-state index in [1.807, 2.05) is 0 Å². The molecular formula is C14H20Br2Cl2N2. The number of piperazine rings is 1. The van der Waals surface area contributed by atoms with Crippen LogP contribution < -0.4 is 5.32 Å². The largest absolute Gasteiger partial charge is 0.314 e. The van der Waals surface area contributed by atoms with E-state index in [-0.39, 0.29) is 24.8 Å². The lowest BCUT2D eigenvalue weighted by molar-refractivity contribution is 0.156. The highest BCUT2D eigenvalue weighted by Crippen LogP contribution is 2.45. The van der Waals surface area contributed by atoms with E-state index >= 15 is 0 Å². The van der Waals surface area contributed by atoms with E-state index in [2.05, 4.69) is 60.3 Å². The zero-order valence-corrected chi connectivity index (χ0v) is 16.0. The number of hydrogen-bond acceptors (Lipinski definition) is 2. The molecule has 20 heavy (non-hydrogen) atoms. The Balaban J connectivity index is 0.000001000. The van der Waals surface area contributed by atoms with E-state index in [0.29, 0.717) is 6.04 Å². The molecule has 1 heterocycles. The van der Waals surface area contributed by atoms with Gasteiger partial charge in [0.25, 0.3) is 0 Å². The lowest BCUT2D eigenvalue weighted by Gasteiger charge is -2.35. The molecule has 0 spiro atoms. The first kappa shape index (κ1) is 18.7. The Hall–Kier alpha value is 0.680. The first-order valence-corrected chi connectivity index (χ1v) is 8.23. The van der Waals surface area contributed by atoms with E-state index in [1.54, 1.807) is 0 Å². The average Bonchev–Trinajstić information content (AvgIpc) is 3.14. The third-order valence-corrected chi connectivity index (χ3v) is 4.76. The van der Waals surface area contributed by atoms with Gasteiger partial charge in [0.2, 0.25) is 0 Å². The number of hydrogen-bond donors (Lipinski definition) is 1. The molecule has 0 bridgehead atoms. The van der Waals surface area contributed by atoms with Crippen LogP contribution >= 0.6 is 56.7 Å². The molecule has 1 saturated heterocycles. The second-order valence-electron chi connectivity index (χ2n) is 5.27. The Morgan fingerprint density at radius 3 is 2.05 bits per heavy atom. The van der Waals surface area contributed by atoms with Crippen LogP contribution in [0.4, 0.5) is 0 Å². The molecule has 2 nitrogen and oxygen atoms in total. The lowest BCUT2D eigenvalue weighted by atomic mass is 10.00. The topological polar surface area (TPSA) is 15.3 Å². The van der Waals surface area contributed by atoms with Crippen molar-refractivity contribution in [3.05, 3.63) is 32.7 Å². The molecule has 114 valence electrons. The number of rotatable bonds is 3. The van der Waals surface area contributed by atoms with Crippen molar-refractivity contribution >= 4 is 56.7 Å². The summed E-state index contributed by atoms with van der Waals surface area (Å²) in [5, 5.41) is 3.44. The van der Waals surface area contributed by atoms with Crippen molar-refractivity contribution in [3.63, 3.8) is 0 Å². The molecule has 1 aromatic rings. The summed E-state index contributed by atoms with van der Waals surface area (Å²) in [6.07, 6.45) is 2.78. The van der Waals surface area contributed by atoms with Gasteiger partial charge in [0, 0.05) is 41.2 Å². The predicted molar refractivity (Wildman–Crippen MR) is 96.2 cm³/mol. The third-order valence-electron chi connectivity index (χ3n) is 3.84. The lowest BCUT2D eigenvalue weighted by Crippen LogP contribution is -2.45. The Bertz CT molecular complexity index is 415. The molecule has 1 atom stereocenters. The van der Waals surface area contributed by atoms with Gasteiger partial charge in [0.15, 0.2) is 0 Å². The monoisotopic (exact) mass is 444 g/mol. The normalized spacial score (nSPS) is 20.7. The van der Waals surface area contributed by atoms with Gasteiger partial charge in [-0.05, 0) is 42.5 Å². The van der Waals surface area contributed by atoms with Crippen molar-refractivity contribution < 1.29 is 0 Å². The SMILES string of the molecule is Brc1cc(Br)cc([C@H](C2CC2)N2CCNCC2)c1.Cl.Cl. The summed E-state index contributed by atoms with van der Waals surface area (Å²) >= 11 is 7.23. The molecular weight excluding hydrogens is 427 g/mol. The summed E-state index contributed by atoms with van der Waals surface area (Å²) in [4.78, 5) is 2.66. The van der Waals surface area contributed by atoms with Crippen LogP contribution in [0.3, 0.4) is 0 Å². The molecule has 1 saturated carbocycles. The van der Waals surface area contributed by atoms with E-state index < -0.39 is 0 Å². The molecule has 2 aliphatic rings. The second kappa shape index (κ2) is 8.35. The van der Waals surface area contributed by atoms with Gasteiger partial charge in [-0.3, -0.25) is 4.90 Å². The second-order valence-corrected chi connectivity index (χ2v) is 7.10. The van der Waals surface area contributed by atoms with E-state index in [9.17, 15) is 0 Å². The maximum atomic E-state index is 3.61. The van der Waals surface area contributed by atoms with Crippen LogP contribution in [0.2, 0.25) is 0 Å². The number of nitrogens with zero attached hydrogens (tertiary/aromatic N) is 1. The first-order chi connectivity index (χ1) is 8.74. The summed E-state index contributed by atoms with van der Waals surface area (Å²) in [7, 11) is 0. The molecule has 1 N–H and O–H groups in total. The molecule has 1 aromatic carbocycles. The van der Waals surface area contributed by atoms with Crippen molar-refractivity contribution in [2.45, 2.75) is 18.9 Å². The molecule has 0 aromatic heterocycles. The fourth-order valence-electron chi connectivity index (χ4n) is 2.90. The zero-order valence-electron chi connectivity index (χ0n) is 11.1. The molecule has 1 aliphatic heterocycles. The standard InChI is InChI=1S/C14H18Br2N2.2ClH/c15-12-7-11(8-13(16)9-12)14(10-1-2-10)18-5-3-17-4-6-18;;/h7-10,14,17H,1-6H2;2*1H/t14-;;/m0../s1. The van der Waals surface area contributed by atoms with E-state index in [4.69, 9.17) is 0 Å². The van der Waals surface area contributed by atoms with Crippen LogP contribution in [-0.4, -0.2) is 31.1 Å². The maximum Gasteiger partial charge on any atom is 0.0378 e. The summed E-state index contributed by atoms with van der Waals surface area (Å²) in [6, 6.07) is 7.30. The quantitative estimate of drug-likeness (QED) is 0.739. The fourth-order valence-corrected chi connectivity index (χ4v) is 4.23. The molecule has 1 aliphatic carbocycles. The highest BCUT2D eigenvalue weighted by molar-refractivity contribution is 9.11. The van der Waals surface area contributed by atoms with Gasteiger partial charge >= 0.3 is 0 Å². The highest BCUT2D eigenvalue weighted by Gasteiger charge is 2.36. The minimum atomic E-state index is 0.